The predicted molar refractivity (Wildman–Crippen MR) is 95.0 cm³/mol. The maximum absolute atomic E-state index is 4.43. The van der Waals surface area contributed by atoms with Crippen molar-refractivity contribution in [2.75, 3.05) is 6.67 Å². The molecular formula is C20H17N3. The predicted octanol–water partition coefficient (Wildman–Crippen LogP) is 4.07. The van der Waals surface area contributed by atoms with E-state index in [9.17, 15) is 0 Å². The van der Waals surface area contributed by atoms with E-state index >= 15 is 0 Å². The van der Waals surface area contributed by atoms with Crippen molar-refractivity contribution in [1.82, 2.24) is 15.2 Å². The minimum Gasteiger partial charge on any atom is -0.366 e. The summed E-state index contributed by atoms with van der Waals surface area (Å²) in [4.78, 5) is 6.58. The molecule has 0 spiro atoms. The van der Waals surface area contributed by atoms with Crippen LogP contribution in [0.5, 0.6) is 0 Å². The lowest BCUT2D eigenvalue weighted by Gasteiger charge is -2.07. The van der Waals surface area contributed by atoms with Gasteiger partial charge in [-0.15, -0.1) is 0 Å². The van der Waals surface area contributed by atoms with Gasteiger partial charge in [-0.3, -0.25) is 4.98 Å². The van der Waals surface area contributed by atoms with E-state index in [2.05, 4.69) is 64.0 Å². The van der Waals surface area contributed by atoms with Gasteiger partial charge in [0.2, 0.25) is 0 Å². The Morgan fingerprint density at radius 1 is 0.957 bits per heavy atom. The zero-order valence-corrected chi connectivity index (χ0v) is 12.7. The number of hydrogen-bond acceptors (Lipinski definition) is 3. The van der Waals surface area contributed by atoms with Crippen molar-refractivity contribution in [2.45, 2.75) is 0 Å². The zero-order chi connectivity index (χ0) is 15.5. The first kappa shape index (κ1) is 13.6. The number of benzene rings is 2. The third-order valence-corrected chi connectivity index (χ3v) is 3.94. The summed E-state index contributed by atoms with van der Waals surface area (Å²) < 4.78 is 0. The Balaban J connectivity index is 1.62. The zero-order valence-electron chi connectivity index (χ0n) is 12.7. The number of fused-ring (bicyclic) bond motifs is 1. The van der Waals surface area contributed by atoms with E-state index in [0.29, 0.717) is 0 Å². The van der Waals surface area contributed by atoms with Crippen LogP contribution >= 0.6 is 0 Å². The van der Waals surface area contributed by atoms with Crippen LogP contribution in [0.4, 0.5) is 0 Å². The van der Waals surface area contributed by atoms with Gasteiger partial charge in [0.05, 0.1) is 17.9 Å². The Hall–Kier alpha value is -3.07. The van der Waals surface area contributed by atoms with Crippen LogP contribution in [-0.4, -0.2) is 16.6 Å². The van der Waals surface area contributed by atoms with Crippen LogP contribution in [0.25, 0.3) is 22.7 Å². The van der Waals surface area contributed by atoms with E-state index in [-0.39, 0.29) is 0 Å². The molecule has 2 aromatic carbocycles. The molecule has 3 nitrogen and oxygen atoms in total. The Morgan fingerprint density at radius 3 is 2.78 bits per heavy atom. The lowest BCUT2D eigenvalue weighted by molar-refractivity contribution is 0.527. The highest BCUT2D eigenvalue weighted by molar-refractivity contribution is 5.91. The monoisotopic (exact) mass is 299 g/mol. The van der Waals surface area contributed by atoms with Crippen molar-refractivity contribution >= 4 is 22.7 Å². The van der Waals surface area contributed by atoms with Gasteiger partial charge in [0.25, 0.3) is 0 Å². The standard InChI is InChI=1S/C20H17N3/c1-2-6-16(7-3-1)11-13-23-14-20(22-15-23)18-8-4-10-19-17(18)9-5-12-21-19/h1-14,22H,15H2. The number of pyridine rings is 1. The summed E-state index contributed by atoms with van der Waals surface area (Å²) in [6, 6.07) is 20.6. The van der Waals surface area contributed by atoms with Gasteiger partial charge < -0.3 is 10.2 Å². The Kier molecular flexibility index (Phi) is 3.53. The maximum Gasteiger partial charge on any atom is 0.0915 e. The minimum atomic E-state index is 0.773. The van der Waals surface area contributed by atoms with E-state index < -0.39 is 0 Å². The van der Waals surface area contributed by atoms with Crippen LogP contribution in [0, 0.1) is 0 Å². The summed E-state index contributed by atoms with van der Waals surface area (Å²) in [6.45, 7) is 0.773. The molecular weight excluding hydrogens is 282 g/mol. The Morgan fingerprint density at radius 2 is 1.87 bits per heavy atom. The highest BCUT2D eigenvalue weighted by atomic mass is 15.2. The van der Waals surface area contributed by atoms with Crippen LogP contribution in [-0.2, 0) is 0 Å². The average Bonchev–Trinajstić information content (AvgIpc) is 3.09. The SMILES string of the molecule is C(=CN1C=C(c2cccc3ncccc23)NC1)c1ccccc1. The van der Waals surface area contributed by atoms with Crippen molar-refractivity contribution in [2.24, 2.45) is 0 Å². The van der Waals surface area contributed by atoms with Gasteiger partial charge >= 0.3 is 0 Å². The first-order valence-corrected chi connectivity index (χ1v) is 7.69. The molecule has 4 rings (SSSR count). The van der Waals surface area contributed by atoms with Crippen molar-refractivity contribution in [1.29, 1.82) is 0 Å². The Bertz CT molecular complexity index is 876. The number of nitrogens with zero attached hydrogens (tertiary/aromatic N) is 2. The van der Waals surface area contributed by atoms with Crippen LogP contribution in [0.3, 0.4) is 0 Å². The van der Waals surface area contributed by atoms with Crippen LogP contribution < -0.4 is 5.32 Å². The first-order chi connectivity index (χ1) is 11.4. The second-order valence-electron chi connectivity index (χ2n) is 5.49. The van der Waals surface area contributed by atoms with Gasteiger partial charge in [-0.25, -0.2) is 0 Å². The molecule has 0 unspecified atom stereocenters. The molecule has 3 aromatic rings. The van der Waals surface area contributed by atoms with Gasteiger partial charge in [0.1, 0.15) is 0 Å². The fraction of sp³-hybridized carbons (Fsp3) is 0.0500. The van der Waals surface area contributed by atoms with Crippen LogP contribution in [0.2, 0.25) is 0 Å². The molecule has 0 atom stereocenters. The highest BCUT2D eigenvalue weighted by Crippen LogP contribution is 2.25. The van der Waals surface area contributed by atoms with Gasteiger partial charge in [-0.2, -0.15) is 0 Å². The summed E-state index contributed by atoms with van der Waals surface area (Å²) in [5.41, 5.74) is 4.53. The van der Waals surface area contributed by atoms with E-state index in [1.54, 1.807) is 0 Å². The normalized spacial score (nSPS) is 14.3. The van der Waals surface area contributed by atoms with E-state index in [0.717, 1.165) is 17.9 Å². The van der Waals surface area contributed by atoms with Crippen LogP contribution in [0.15, 0.2) is 79.3 Å². The largest absolute Gasteiger partial charge is 0.366 e. The lowest BCUT2D eigenvalue weighted by Crippen LogP contribution is -2.16. The topological polar surface area (TPSA) is 28.2 Å². The lowest BCUT2D eigenvalue weighted by atomic mass is 10.1. The smallest absolute Gasteiger partial charge is 0.0915 e. The summed E-state index contributed by atoms with van der Waals surface area (Å²) >= 11 is 0. The highest BCUT2D eigenvalue weighted by Gasteiger charge is 2.13. The summed E-state index contributed by atoms with van der Waals surface area (Å²) in [5, 5.41) is 4.63. The van der Waals surface area contributed by atoms with Crippen LogP contribution in [0.1, 0.15) is 11.1 Å². The molecule has 0 amide bonds. The fourth-order valence-corrected chi connectivity index (χ4v) is 2.78. The molecule has 1 aliphatic heterocycles. The molecule has 0 radical (unpaired) electrons. The number of hydrogen-bond donors (Lipinski definition) is 1. The van der Waals surface area contributed by atoms with Gasteiger partial charge in [0, 0.05) is 29.5 Å². The van der Waals surface area contributed by atoms with E-state index in [4.69, 9.17) is 0 Å². The van der Waals surface area contributed by atoms with Crippen molar-refractivity contribution in [3.63, 3.8) is 0 Å². The summed E-state index contributed by atoms with van der Waals surface area (Å²) in [6.07, 6.45) is 8.18. The van der Waals surface area contributed by atoms with Gasteiger partial charge in [-0.1, -0.05) is 48.5 Å². The third kappa shape index (κ3) is 2.81. The number of rotatable bonds is 3. The molecule has 23 heavy (non-hydrogen) atoms. The Labute approximate surface area is 135 Å². The van der Waals surface area contributed by atoms with Crippen molar-refractivity contribution in [3.05, 3.63) is 90.4 Å². The average molecular weight is 299 g/mol. The molecule has 112 valence electrons. The van der Waals surface area contributed by atoms with Gasteiger partial charge in [0.15, 0.2) is 0 Å². The minimum absolute atomic E-state index is 0.773. The molecule has 1 aromatic heterocycles. The molecule has 3 heteroatoms. The number of nitrogens with one attached hydrogen (secondary N) is 1. The second kappa shape index (κ2) is 5.97. The second-order valence-corrected chi connectivity index (χ2v) is 5.49. The summed E-state index contributed by atoms with van der Waals surface area (Å²) in [5.74, 6) is 0. The molecule has 0 aliphatic carbocycles. The molecule has 0 saturated carbocycles. The molecule has 1 N–H and O–H groups in total. The molecule has 1 aliphatic rings. The quantitative estimate of drug-likeness (QED) is 0.790. The third-order valence-electron chi connectivity index (χ3n) is 3.94. The fourth-order valence-electron chi connectivity index (χ4n) is 2.78. The molecule has 0 saturated heterocycles. The molecule has 2 heterocycles. The van der Waals surface area contributed by atoms with Crippen molar-refractivity contribution < 1.29 is 0 Å². The van der Waals surface area contributed by atoms with Gasteiger partial charge in [-0.05, 0) is 23.8 Å². The molecule has 0 bridgehead atoms. The maximum atomic E-state index is 4.43. The molecule has 0 fully saturated rings. The van der Waals surface area contributed by atoms with E-state index in [1.807, 2.05) is 36.5 Å². The first-order valence-electron chi connectivity index (χ1n) is 7.69. The van der Waals surface area contributed by atoms with E-state index in [1.165, 1.54) is 16.5 Å². The van der Waals surface area contributed by atoms with Crippen molar-refractivity contribution in [3.8, 4) is 0 Å². The number of aromatic nitrogens is 1. The summed E-state index contributed by atoms with van der Waals surface area (Å²) in [7, 11) is 0.